The largest absolute Gasteiger partial charge is 0.399 e. The number of nitrogens with two attached hydrogens (primary N) is 1. The second-order valence-electron chi connectivity index (χ2n) is 5.05. The maximum absolute atomic E-state index is 6.27. The molecular formula is C15H17ClN2S. The standard InChI is InChI=1S/C15H17ClN2S/c1-10-13-5-7-19-15(13)4-6-18(10)9-11-2-3-12(17)8-14(11)16/h2-3,5,7-8,10H,4,6,9,17H2,1H3. The smallest absolute Gasteiger partial charge is 0.0471 e. The molecular weight excluding hydrogens is 276 g/mol. The normalized spacial score (nSPS) is 19.4. The van der Waals surface area contributed by atoms with Crippen LogP contribution in [-0.4, -0.2) is 11.4 Å². The van der Waals surface area contributed by atoms with Crippen molar-refractivity contribution in [1.82, 2.24) is 4.90 Å². The molecule has 1 unspecified atom stereocenters. The number of hydrogen-bond donors (Lipinski definition) is 1. The quantitative estimate of drug-likeness (QED) is 0.844. The summed E-state index contributed by atoms with van der Waals surface area (Å²) >= 11 is 8.14. The van der Waals surface area contributed by atoms with Crippen LogP contribution in [0.25, 0.3) is 0 Å². The molecule has 19 heavy (non-hydrogen) atoms. The molecule has 4 heteroatoms. The van der Waals surface area contributed by atoms with Crippen LogP contribution >= 0.6 is 22.9 Å². The zero-order chi connectivity index (χ0) is 13.4. The summed E-state index contributed by atoms with van der Waals surface area (Å²) in [5.74, 6) is 0. The molecule has 0 spiro atoms. The van der Waals surface area contributed by atoms with E-state index in [4.69, 9.17) is 17.3 Å². The summed E-state index contributed by atoms with van der Waals surface area (Å²) in [5.41, 5.74) is 9.09. The average molecular weight is 293 g/mol. The van der Waals surface area contributed by atoms with Gasteiger partial charge in [0.05, 0.1) is 0 Å². The lowest BCUT2D eigenvalue weighted by Crippen LogP contribution is -2.32. The van der Waals surface area contributed by atoms with Gasteiger partial charge in [0.2, 0.25) is 0 Å². The number of nitrogen functional groups attached to an aromatic ring is 1. The van der Waals surface area contributed by atoms with Gasteiger partial charge in [-0.2, -0.15) is 0 Å². The molecule has 2 aromatic rings. The number of benzene rings is 1. The van der Waals surface area contributed by atoms with Crippen molar-refractivity contribution in [3.63, 3.8) is 0 Å². The first-order valence-electron chi connectivity index (χ1n) is 6.49. The van der Waals surface area contributed by atoms with Gasteiger partial charge in [-0.15, -0.1) is 11.3 Å². The Balaban J connectivity index is 1.81. The highest BCUT2D eigenvalue weighted by atomic mass is 35.5. The third kappa shape index (κ3) is 2.50. The summed E-state index contributed by atoms with van der Waals surface area (Å²) in [4.78, 5) is 4.01. The van der Waals surface area contributed by atoms with E-state index in [0.29, 0.717) is 6.04 Å². The van der Waals surface area contributed by atoms with Crippen molar-refractivity contribution in [2.45, 2.75) is 25.9 Å². The van der Waals surface area contributed by atoms with Gasteiger partial charge in [0.1, 0.15) is 0 Å². The van der Waals surface area contributed by atoms with Gasteiger partial charge in [0.15, 0.2) is 0 Å². The summed E-state index contributed by atoms with van der Waals surface area (Å²) < 4.78 is 0. The molecule has 1 atom stereocenters. The second-order valence-corrected chi connectivity index (χ2v) is 6.45. The molecule has 0 radical (unpaired) electrons. The fourth-order valence-electron chi connectivity index (χ4n) is 2.69. The second kappa shape index (κ2) is 5.16. The molecule has 0 amide bonds. The number of anilines is 1. The van der Waals surface area contributed by atoms with E-state index in [1.807, 2.05) is 29.5 Å². The maximum Gasteiger partial charge on any atom is 0.0471 e. The van der Waals surface area contributed by atoms with Crippen LogP contribution in [0.5, 0.6) is 0 Å². The SMILES string of the molecule is CC1c2ccsc2CCN1Cc1ccc(N)cc1Cl. The molecule has 1 aliphatic rings. The molecule has 0 saturated carbocycles. The summed E-state index contributed by atoms with van der Waals surface area (Å²) in [7, 11) is 0. The molecule has 100 valence electrons. The minimum Gasteiger partial charge on any atom is -0.399 e. The Bertz CT molecular complexity index is 594. The van der Waals surface area contributed by atoms with Crippen molar-refractivity contribution in [1.29, 1.82) is 0 Å². The van der Waals surface area contributed by atoms with E-state index in [-0.39, 0.29) is 0 Å². The van der Waals surface area contributed by atoms with Gasteiger partial charge in [-0.1, -0.05) is 17.7 Å². The molecule has 0 bridgehead atoms. The third-order valence-electron chi connectivity index (χ3n) is 3.85. The predicted molar refractivity (Wildman–Crippen MR) is 82.7 cm³/mol. The molecule has 1 aromatic heterocycles. The highest BCUT2D eigenvalue weighted by molar-refractivity contribution is 7.10. The summed E-state index contributed by atoms with van der Waals surface area (Å²) in [5, 5.41) is 2.96. The first kappa shape index (κ1) is 13.0. The molecule has 1 aliphatic heterocycles. The number of rotatable bonds is 2. The van der Waals surface area contributed by atoms with Crippen LogP contribution in [0.2, 0.25) is 5.02 Å². The average Bonchev–Trinajstić information content (AvgIpc) is 2.85. The van der Waals surface area contributed by atoms with Crippen LogP contribution in [0.15, 0.2) is 29.6 Å². The van der Waals surface area contributed by atoms with Gasteiger partial charge in [0, 0.05) is 34.7 Å². The minimum absolute atomic E-state index is 0.462. The minimum atomic E-state index is 0.462. The van der Waals surface area contributed by atoms with Gasteiger partial charge in [-0.3, -0.25) is 4.90 Å². The van der Waals surface area contributed by atoms with Gasteiger partial charge >= 0.3 is 0 Å². The number of hydrogen-bond acceptors (Lipinski definition) is 3. The number of thiophene rings is 1. The Hall–Kier alpha value is -1.03. The molecule has 2 N–H and O–H groups in total. The fourth-order valence-corrected chi connectivity index (χ4v) is 3.90. The van der Waals surface area contributed by atoms with Crippen molar-refractivity contribution >= 4 is 28.6 Å². The van der Waals surface area contributed by atoms with E-state index in [9.17, 15) is 0 Å². The first-order valence-corrected chi connectivity index (χ1v) is 7.75. The highest BCUT2D eigenvalue weighted by Gasteiger charge is 2.24. The third-order valence-corrected chi connectivity index (χ3v) is 5.20. The van der Waals surface area contributed by atoms with Gasteiger partial charge < -0.3 is 5.73 Å². The Labute approximate surface area is 122 Å². The van der Waals surface area contributed by atoms with Crippen molar-refractivity contribution in [3.8, 4) is 0 Å². The van der Waals surface area contributed by atoms with Crippen LogP contribution in [0.3, 0.4) is 0 Å². The van der Waals surface area contributed by atoms with Crippen molar-refractivity contribution in [3.05, 3.63) is 50.7 Å². The zero-order valence-electron chi connectivity index (χ0n) is 10.9. The predicted octanol–water partition coefficient (Wildman–Crippen LogP) is 4.10. The van der Waals surface area contributed by atoms with Gasteiger partial charge in [-0.25, -0.2) is 0 Å². The molecule has 2 nitrogen and oxygen atoms in total. The zero-order valence-corrected chi connectivity index (χ0v) is 12.5. The van der Waals surface area contributed by atoms with Crippen molar-refractivity contribution < 1.29 is 0 Å². The van der Waals surface area contributed by atoms with Crippen molar-refractivity contribution in [2.75, 3.05) is 12.3 Å². The van der Waals surface area contributed by atoms with E-state index in [1.54, 1.807) is 0 Å². The number of halogens is 1. The Kier molecular flexibility index (Phi) is 3.52. The molecule has 1 aromatic carbocycles. The Morgan fingerprint density at radius 2 is 2.26 bits per heavy atom. The lowest BCUT2D eigenvalue weighted by molar-refractivity contribution is 0.191. The maximum atomic E-state index is 6.27. The molecule has 3 rings (SSSR count). The fraction of sp³-hybridized carbons (Fsp3) is 0.333. The summed E-state index contributed by atoms with van der Waals surface area (Å²) in [6.07, 6.45) is 1.14. The van der Waals surface area contributed by atoms with Crippen LogP contribution in [-0.2, 0) is 13.0 Å². The van der Waals surface area contributed by atoms with Crippen LogP contribution in [0.4, 0.5) is 5.69 Å². The lowest BCUT2D eigenvalue weighted by atomic mass is 10.0. The van der Waals surface area contributed by atoms with E-state index in [1.165, 1.54) is 10.4 Å². The highest BCUT2D eigenvalue weighted by Crippen LogP contribution is 2.34. The Morgan fingerprint density at radius 1 is 1.42 bits per heavy atom. The molecule has 0 fully saturated rings. The van der Waals surface area contributed by atoms with Crippen molar-refractivity contribution in [2.24, 2.45) is 0 Å². The molecule has 0 aliphatic carbocycles. The van der Waals surface area contributed by atoms with Crippen LogP contribution in [0, 0.1) is 0 Å². The van der Waals surface area contributed by atoms with E-state index in [2.05, 4.69) is 23.3 Å². The van der Waals surface area contributed by atoms with E-state index >= 15 is 0 Å². The topological polar surface area (TPSA) is 29.3 Å². The molecule has 0 saturated heterocycles. The first-order chi connectivity index (χ1) is 9.15. The number of fused-ring (bicyclic) bond motifs is 1. The lowest BCUT2D eigenvalue weighted by Gasteiger charge is -2.33. The molecule has 2 heterocycles. The summed E-state index contributed by atoms with van der Waals surface area (Å²) in [6, 6.07) is 8.51. The van der Waals surface area contributed by atoms with E-state index < -0.39 is 0 Å². The summed E-state index contributed by atoms with van der Waals surface area (Å²) in [6.45, 7) is 4.25. The monoisotopic (exact) mass is 292 g/mol. The van der Waals surface area contributed by atoms with Gasteiger partial charge in [-0.05, 0) is 48.1 Å². The van der Waals surface area contributed by atoms with Crippen LogP contribution < -0.4 is 5.73 Å². The van der Waals surface area contributed by atoms with Gasteiger partial charge in [0.25, 0.3) is 0 Å². The Morgan fingerprint density at radius 3 is 3.05 bits per heavy atom. The number of nitrogens with zero attached hydrogens (tertiary/aromatic N) is 1. The van der Waals surface area contributed by atoms with E-state index in [0.717, 1.165) is 35.8 Å². The van der Waals surface area contributed by atoms with Crippen LogP contribution in [0.1, 0.15) is 29.0 Å².